The Labute approximate surface area is 188 Å². The number of halogens is 1. The summed E-state index contributed by atoms with van der Waals surface area (Å²) in [4.78, 5) is 31.1. The first-order valence-electron chi connectivity index (χ1n) is 9.47. The van der Waals surface area contributed by atoms with Gasteiger partial charge in [-0.3, -0.25) is 14.2 Å². The fraction of sp³-hybridized carbons (Fsp3) is 0.227. The topological polar surface area (TPSA) is 64.0 Å². The number of aryl methyl sites for hydroxylation is 2. The van der Waals surface area contributed by atoms with Gasteiger partial charge in [0.05, 0.1) is 22.0 Å². The minimum absolute atomic E-state index is 0.0951. The van der Waals surface area contributed by atoms with Crippen molar-refractivity contribution in [3.63, 3.8) is 0 Å². The van der Waals surface area contributed by atoms with Gasteiger partial charge in [0.15, 0.2) is 5.16 Å². The number of anilines is 1. The summed E-state index contributed by atoms with van der Waals surface area (Å²) in [6.07, 6.45) is 0.763. The van der Waals surface area contributed by atoms with Gasteiger partial charge in [-0.15, -0.1) is 11.8 Å². The number of fused-ring (bicyclic) bond motifs is 1. The highest BCUT2D eigenvalue weighted by Crippen LogP contribution is 2.30. The second kappa shape index (κ2) is 8.88. The van der Waals surface area contributed by atoms with Crippen LogP contribution in [0, 0.1) is 13.8 Å². The van der Waals surface area contributed by atoms with Gasteiger partial charge in [0, 0.05) is 22.9 Å². The van der Waals surface area contributed by atoms with Crippen molar-refractivity contribution in [3.05, 3.63) is 74.7 Å². The number of amides is 1. The lowest BCUT2D eigenvalue weighted by atomic mass is 10.1. The molecule has 1 amide bonds. The predicted octanol–water partition coefficient (Wildman–Crippen LogP) is 4.88. The van der Waals surface area contributed by atoms with Gasteiger partial charge in [-0.05, 0) is 55.3 Å². The summed E-state index contributed by atoms with van der Waals surface area (Å²) >= 11 is 8.81. The maximum absolute atomic E-state index is 13.1. The van der Waals surface area contributed by atoms with Crippen molar-refractivity contribution in [3.8, 4) is 5.69 Å². The van der Waals surface area contributed by atoms with Crippen LogP contribution < -0.4 is 10.9 Å². The van der Waals surface area contributed by atoms with Crippen LogP contribution in [0.1, 0.15) is 16.8 Å². The molecule has 0 fully saturated rings. The van der Waals surface area contributed by atoms with Crippen LogP contribution in [-0.2, 0) is 11.2 Å². The molecule has 3 aromatic rings. The van der Waals surface area contributed by atoms with Crippen LogP contribution in [0.5, 0.6) is 0 Å². The molecule has 0 saturated carbocycles. The summed E-state index contributed by atoms with van der Waals surface area (Å²) in [5, 5.41) is 4.07. The van der Waals surface area contributed by atoms with Gasteiger partial charge >= 0.3 is 0 Å². The molecule has 0 radical (unpaired) electrons. The van der Waals surface area contributed by atoms with Crippen molar-refractivity contribution in [1.29, 1.82) is 0 Å². The first kappa shape index (κ1) is 21.0. The van der Waals surface area contributed by atoms with Gasteiger partial charge in [0.25, 0.3) is 5.56 Å². The molecule has 0 aliphatic carbocycles. The number of hydrogen-bond donors (Lipinski definition) is 1. The average Bonchev–Trinajstić information content (AvgIpc) is 3.20. The maximum atomic E-state index is 13.1. The molecule has 2 heterocycles. The highest BCUT2D eigenvalue weighted by Gasteiger charge is 2.23. The van der Waals surface area contributed by atoms with E-state index in [0.29, 0.717) is 20.8 Å². The molecule has 1 aliphatic rings. The standard InChI is InChI=1S/C22H20ClN3O2S2/c1-13-4-3-5-17(14(13)2)24-19(27)12-30-22-25-18-10-11-29-20(18)21(28)26(22)16-8-6-15(23)7-9-16/h3-9H,10-12H2,1-2H3,(H,24,27). The Bertz CT molecular complexity index is 1180. The Morgan fingerprint density at radius 3 is 2.77 bits per heavy atom. The van der Waals surface area contributed by atoms with Crippen LogP contribution in [0.25, 0.3) is 5.69 Å². The molecule has 1 aliphatic heterocycles. The number of rotatable bonds is 5. The molecule has 30 heavy (non-hydrogen) atoms. The van der Waals surface area contributed by atoms with E-state index in [4.69, 9.17) is 16.6 Å². The monoisotopic (exact) mass is 457 g/mol. The van der Waals surface area contributed by atoms with Gasteiger partial charge in [-0.2, -0.15) is 0 Å². The molecule has 4 rings (SSSR count). The van der Waals surface area contributed by atoms with Crippen molar-refractivity contribution in [1.82, 2.24) is 9.55 Å². The van der Waals surface area contributed by atoms with Gasteiger partial charge < -0.3 is 5.32 Å². The van der Waals surface area contributed by atoms with E-state index in [2.05, 4.69) is 5.32 Å². The van der Waals surface area contributed by atoms with Crippen molar-refractivity contribution in [2.75, 3.05) is 16.8 Å². The van der Waals surface area contributed by atoms with E-state index in [9.17, 15) is 9.59 Å². The summed E-state index contributed by atoms with van der Waals surface area (Å²) in [7, 11) is 0. The third kappa shape index (κ3) is 4.29. The van der Waals surface area contributed by atoms with Crippen molar-refractivity contribution in [2.45, 2.75) is 30.3 Å². The van der Waals surface area contributed by atoms with E-state index in [1.165, 1.54) is 23.5 Å². The van der Waals surface area contributed by atoms with Crippen LogP contribution in [0.3, 0.4) is 0 Å². The number of aromatic nitrogens is 2. The average molecular weight is 458 g/mol. The summed E-state index contributed by atoms with van der Waals surface area (Å²) in [5.41, 5.74) is 4.37. The molecular weight excluding hydrogens is 438 g/mol. The summed E-state index contributed by atoms with van der Waals surface area (Å²) in [6.45, 7) is 3.99. The fourth-order valence-corrected chi connectivity index (χ4v) is 5.19. The molecule has 8 heteroatoms. The summed E-state index contributed by atoms with van der Waals surface area (Å²) in [6, 6.07) is 12.9. The molecule has 1 aromatic heterocycles. The number of carbonyl (C=O) groups excluding carboxylic acids is 1. The molecule has 1 N–H and O–H groups in total. The Morgan fingerprint density at radius 2 is 2.00 bits per heavy atom. The van der Waals surface area contributed by atoms with Crippen molar-refractivity contribution < 1.29 is 4.79 Å². The molecule has 0 bridgehead atoms. The minimum atomic E-state index is -0.138. The van der Waals surface area contributed by atoms with E-state index in [1.807, 2.05) is 32.0 Å². The van der Waals surface area contributed by atoms with E-state index in [-0.39, 0.29) is 17.2 Å². The molecular formula is C22H20ClN3O2S2. The Morgan fingerprint density at radius 1 is 1.23 bits per heavy atom. The first-order valence-corrected chi connectivity index (χ1v) is 11.8. The normalized spacial score (nSPS) is 12.6. The van der Waals surface area contributed by atoms with Gasteiger partial charge in [0.1, 0.15) is 0 Å². The lowest BCUT2D eigenvalue weighted by Crippen LogP contribution is -2.24. The second-order valence-electron chi connectivity index (χ2n) is 6.97. The Hall–Kier alpha value is -2.22. The number of benzene rings is 2. The minimum Gasteiger partial charge on any atom is -0.325 e. The number of nitrogens with zero attached hydrogens (tertiary/aromatic N) is 2. The smallest absolute Gasteiger partial charge is 0.272 e. The highest BCUT2D eigenvalue weighted by atomic mass is 35.5. The fourth-order valence-electron chi connectivity index (χ4n) is 3.21. The van der Waals surface area contributed by atoms with E-state index >= 15 is 0 Å². The second-order valence-corrected chi connectivity index (χ2v) is 9.45. The molecule has 5 nitrogen and oxygen atoms in total. The number of hydrogen-bond acceptors (Lipinski definition) is 5. The lowest BCUT2D eigenvalue weighted by Gasteiger charge is -2.14. The largest absolute Gasteiger partial charge is 0.325 e. The highest BCUT2D eigenvalue weighted by molar-refractivity contribution is 8.00. The number of carbonyl (C=O) groups is 1. The maximum Gasteiger partial charge on any atom is 0.272 e. The van der Waals surface area contributed by atoms with Crippen LogP contribution in [0.2, 0.25) is 5.02 Å². The Kier molecular flexibility index (Phi) is 6.22. The molecule has 0 atom stereocenters. The SMILES string of the molecule is Cc1cccc(NC(=O)CSc2nc3c(c(=O)n2-c2ccc(Cl)cc2)SCC3)c1C. The predicted molar refractivity (Wildman–Crippen MR) is 125 cm³/mol. The summed E-state index contributed by atoms with van der Waals surface area (Å²) < 4.78 is 1.57. The number of thioether (sulfide) groups is 2. The van der Waals surface area contributed by atoms with Crippen molar-refractivity contribution in [2.24, 2.45) is 0 Å². The zero-order valence-electron chi connectivity index (χ0n) is 16.6. The van der Waals surface area contributed by atoms with E-state index in [1.54, 1.807) is 28.8 Å². The van der Waals surface area contributed by atoms with Crippen LogP contribution >= 0.6 is 35.1 Å². The van der Waals surface area contributed by atoms with Gasteiger partial charge in [0.2, 0.25) is 5.91 Å². The molecule has 154 valence electrons. The van der Waals surface area contributed by atoms with Gasteiger partial charge in [-0.1, -0.05) is 35.5 Å². The third-order valence-electron chi connectivity index (χ3n) is 4.96. The molecule has 2 aromatic carbocycles. The zero-order valence-corrected chi connectivity index (χ0v) is 19.0. The lowest BCUT2D eigenvalue weighted by molar-refractivity contribution is -0.113. The van der Waals surface area contributed by atoms with E-state index in [0.717, 1.165) is 34.7 Å². The van der Waals surface area contributed by atoms with Crippen LogP contribution in [0.15, 0.2) is 57.3 Å². The van der Waals surface area contributed by atoms with Crippen molar-refractivity contribution >= 4 is 46.7 Å². The Balaban J connectivity index is 1.61. The summed E-state index contributed by atoms with van der Waals surface area (Å²) in [5.74, 6) is 0.860. The molecule has 0 saturated heterocycles. The third-order valence-corrected chi connectivity index (χ3v) is 7.26. The molecule has 0 spiro atoms. The first-order chi connectivity index (χ1) is 14.4. The van der Waals surface area contributed by atoms with Crippen LogP contribution in [-0.4, -0.2) is 27.0 Å². The molecule has 0 unspecified atom stereocenters. The quantitative estimate of drug-likeness (QED) is 0.437. The zero-order chi connectivity index (χ0) is 21.3. The van der Waals surface area contributed by atoms with Crippen LogP contribution in [0.4, 0.5) is 5.69 Å². The van der Waals surface area contributed by atoms with Gasteiger partial charge in [-0.25, -0.2) is 4.98 Å². The number of nitrogens with one attached hydrogen (secondary N) is 1. The van der Waals surface area contributed by atoms with E-state index < -0.39 is 0 Å².